The number of nitrogen functional groups attached to an aromatic ring is 1. The van der Waals surface area contributed by atoms with Crippen molar-refractivity contribution < 1.29 is 18.3 Å². The van der Waals surface area contributed by atoms with Crippen LogP contribution in [0.2, 0.25) is 0 Å². The van der Waals surface area contributed by atoms with Gasteiger partial charge in [0.25, 0.3) is 0 Å². The van der Waals surface area contributed by atoms with Crippen LogP contribution >= 0.6 is 0 Å². The van der Waals surface area contributed by atoms with E-state index in [2.05, 4.69) is 4.98 Å². The number of fused-ring (bicyclic) bond motifs is 1. The van der Waals surface area contributed by atoms with E-state index in [1.165, 1.54) is 12.3 Å². The molecule has 0 unspecified atom stereocenters. The molecule has 0 saturated carbocycles. The lowest BCUT2D eigenvalue weighted by atomic mass is 9.95. The third-order valence-electron chi connectivity index (χ3n) is 4.84. The molecule has 6 heteroatoms. The zero-order chi connectivity index (χ0) is 21.3. The van der Waals surface area contributed by atoms with Crippen LogP contribution in [0.15, 0.2) is 66.9 Å². The lowest BCUT2D eigenvalue weighted by molar-refractivity contribution is 0.103. The molecule has 0 saturated heterocycles. The van der Waals surface area contributed by atoms with Gasteiger partial charge in [-0.1, -0.05) is 30.3 Å². The van der Waals surface area contributed by atoms with E-state index >= 15 is 0 Å². The van der Waals surface area contributed by atoms with Crippen LogP contribution in [0.25, 0.3) is 22.0 Å². The predicted molar refractivity (Wildman–Crippen MR) is 113 cm³/mol. The number of halogens is 2. The number of hydrogen-bond donors (Lipinski definition) is 1. The lowest BCUT2D eigenvalue weighted by Gasteiger charge is -2.16. The van der Waals surface area contributed by atoms with Crippen LogP contribution in [0.5, 0.6) is 5.75 Å². The first-order valence-corrected chi connectivity index (χ1v) is 9.40. The number of aromatic nitrogens is 1. The number of anilines is 1. The maximum Gasteiger partial charge on any atom is 0.198 e. The van der Waals surface area contributed by atoms with Crippen LogP contribution in [0.4, 0.5) is 14.5 Å². The SMILES string of the molecule is CCOc1ccc2ccccc2c1-c1nccc(C(=O)c2ccc(F)cc2F)c1N. The maximum atomic E-state index is 14.2. The van der Waals surface area contributed by atoms with Gasteiger partial charge in [0.05, 0.1) is 29.1 Å². The van der Waals surface area contributed by atoms with Crippen molar-refractivity contribution in [3.8, 4) is 17.0 Å². The predicted octanol–water partition coefficient (Wildman–Crippen LogP) is 5.39. The highest BCUT2D eigenvalue weighted by Gasteiger charge is 2.22. The van der Waals surface area contributed by atoms with Crippen LogP contribution in [-0.4, -0.2) is 17.4 Å². The molecule has 0 spiro atoms. The number of rotatable bonds is 5. The summed E-state index contributed by atoms with van der Waals surface area (Å²) in [5, 5.41) is 1.82. The van der Waals surface area contributed by atoms with E-state index in [9.17, 15) is 13.6 Å². The first-order chi connectivity index (χ1) is 14.5. The molecular formula is C24H18F2N2O2. The number of carbonyl (C=O) groups excluding carboxylic acids is 1. The fraction of sp³-hybridized carbons (Fsp3) is 0.0833. The quantitative estimate of drug-likeness (QED) is 0.453. The molecule has 30 heavy (non-hydrogen) atoms. The molecule has 0 amide bonds. The minimum Gasteiger partial charge on any atom is -0.493 e. The van der Waals surface area contributed by atoms with E-state index in [1.54, 1.807) is 0 Å². The van der Waals surface area contributed by atoms with Gasteiger partial charge in [-0.15, -0.1) is 0 Å². The van der Waals surface area contributed by atoms with Crippen molar-refractivity contribution in [2.75, 3.05) is 12.3 Å². The molecule has 0 radical (unpaired) electrons. The van der Waals surface area contributed by atoms with Crippen molar-refractivity contribution in [3.63, 3.8) is 0 Å². The van der Waals surface area contributed by atoms with Crippen LogP contribution < -0.4 is 10.5 Å². The summed E-state index contributed by atoms with van der Waals surface area (Å²) in [4.78, 5) is 17.4. The molecule has 1 heterocycles. The maximum absolute atomic E-state index is 14.2. The van der Waals surface area contributed by atoms with E-state index in [0.29, 0.717) is 29.7 Å². The summed E-state index contributed by atoms with van der Waals surface area (Å²) >= 11 is 0. The molecule has 150 valence electrons. The summed E-state index contributed by atoms with van der Waals surface area (Å²) in [6.45, 7) is 2.30. The minimum atomic E-state index is -0.946. The summed E-state index contributed by atoms with van der Waals surface area (Å²) in [5.74, 6) is -1.78. The van der Waals surface area contributed by atoms with Crippen molar-refractivity contribution >= 4 is 22.2 Å². The Morgan fingerprint density at radius 1 is 1.03 bits per heavy atom. The number of pyridine rings is 1. The van der Waals surface area contributed by atoms with E-state index in [-0.39, 0.29) is 16.8 Å². The Morgan fingerprint density at radius 2 is 1.83 bits per heavy atom. The zero-order valence-electron chi connectivity index (χ0n) is 16.2. The number of nitrogens with zero attached hydrogens (tertiary/aromatic N) is 1. The summed E-state index contributed by atoms with van der Waals surface area (Å²) in [5.41, 5.74) is 7.30. The summed E-state index contributed by atoms with van der Waals surface area (Å²) in [6, 6.07) is 15.7. The van der Waals surface area contributed by atoms with Gasteiger partial charge in [-0.2, -0.15) is 0 Å². The molecule has 0 bridgehead atoms. The summed E-state index contributed by atoms with van der Waals surface area (Å²) in [7, 11) is 0. The van der Waals surface area contributed by atoms with Crippen LogP contribution in [0, 0.1) is 11.6 Å². The number of ether oxygens (including phenoxy) is 1. The van der Waals surface area contributed by atoms with Gasteiger partial charge in [0, 0.05) is 17.8 Å². The second kappa shape index (κ2) is 7.91. The Kier molecular flexibility index (Phi) is 5.14. The largest absolute Gasteiger partial charge is 0.493 e. The highest BCUT2D eigenvalue weighted by atomic mass is 19.1. The summed E-state index contributed by atoms with van der Waals surface area (Å²) in [6.07, 6.45) is 1.44. The molecule has 4 aromatic rings. The van der Waals surface area contributed by atoms with Gasteiger partial charge in [-0.05, 0) is 42.0 Å². The topological polar surface area (TPSA) is 65.2 Å². The van der Waals surface area contributed by atoms with Crippen molar-refractivity contribution in [1.29, 1.82) is 0 Å². The Labute approximate surface area is 171 Å². The fourth-order valence-electron chi connectivity index (χ4n) is 3.46. The normalized spacial score (nSPS) is 10.9. The van der Waals surface area contributed by atoms with Gasteiger partial charge in [0.15, 0.2) is 5.78 Å². The van der Waals surface area contributed by atoms with Crippen molar-refractivity contribution in [2.24, 2.45) is 0 Å². The number of hydrogen-bond acceptors (Lipinski definition) is 4. The van der Waals surface area contributed by atoms with Crippen LogP contribution in [0.3, 0.4) is 0 Å². The molecule has 0 aliphatic rings. The molecule has 0 atom stereocenters. The number of carbonyl (C=O) groups is 1. The van der Waals surface area contributed by atoms with E-state index in [1.807, 2.05) is 43.3 Å². The first-order valence-electron chi connectivity index (χ1n) is 9.40. The third-order valence-corrected chi connectivity index (χ3v) is 4.84. The minimum absolute atomic E-state index is 0.0842. The molecular weight excluding hydrogens is 386 g/mol. The molecule has 4 nitrogen and oxygen atoms in total. The molecule has 2 N–H and O–H groups in total. The van der Waals surface area contributed by atoms with Crippen molar-refractivity contribution in [1.82, 2.24) is 4.98 Å². The smallest absolute Gasteiger partial charge is 0.198 e. The van der Waals surface area contributed by atoms with Crippen LogP contribution in [0.1, 0.15) is 22.8 Å². The Hall–Kier alpha value is -3.80. The standard InChI is InChI=1S/C24H18F2N2O2/c1-2-30-20-10-7-14-5-3-4-6-16(14)21(20)23-22(27)18(11-12-28-23)24(29)17-9-8-15(25)13-19(17)26/h3-13H,2,27H2,1H3. The number of benzene rings is 3. The average molecular weight is 404 g/mol. The van der Waals surface area contributed by atoms with Gasteiger partial charge in [0.2, 0.25) is 0 Å². The van der Waals surface area contributed by atoms with E-state index < -0.39 is 17.4 Å². The first kappa shape index (κ1) is 19.5. The second-order valence-corrected chi connectivity index (χ2v) is 6.67. The molecule has 3 aromatic carbocycles. The molecule has 0 aliphatic heterocycles. The Bertz CT molecular complexity index is 1270. The fourth-order valence-corrected chi connectivity index (χ4v) is 3.46. The highest BCUT2D eigenvalue weighted by Crippen LogP contribution is 2.40. The lowest BCUT2D eigenvalue weighted by Crippen LogP contribution is -2.10. The van der Waals surface area contributed by atoms with E-state index in [4.69, 9.17) is 10.5 Å². The third kappa shape index (κ3) is 3.37. The Morgan fingerprint density at radius 3 is 2.60 bits per heavy atom. The molecule has 4 rings (SSSR count). The number of nitrogens with two attached hydrogens (primary N) is 1. The average Bonchev–Trinajstić information content (AvgIpc) is 2.74. The van der Waals surface area contributed by atoms with Gasteiger partial charge in [-0.25, -0.2) is 8.78 Å². The number of ketones is 1. The van der Waals surface area contributed by atoms with E-state index in [0.717, 1.165) is 22.9 Å². The Balaban J connectivity index is 1.92. The highest BCUT2D eigenvalue weighted by molar-refractivity contribution is 6.14. The van der Waals surface area contributed by atoms with Gasteiger partial charge >= 0.3 is 0 Å². The van der Waals surface area contributed by atoms with Gasteiger partial charge < -0.3 is 10.5 Å². The molecule has 0 aliphatic carbocycles. The molecule has 1 aromatic heterocycles. The second-order valence-electron chi connectivity index (χ2n) is 6.67. The van der Waals surface area contributed by atoms with Crippen molar-refractivity contribution in [3.05, 3.63) is 89.6 Å². The van der Waals surface area contributed by atoms with Gasteiger partial charge in [0.1, 0.15) is 17.4 Å². The van der Waals surface area contributed by atoms with Crippen LogP contribution in [-0.2, 0) is 0 Å². The monoisotopic (exact) mass is 404 g/mol. The molecule has 0 fully saturated rings. The zero-order valence-corrected chi connectivity index (χ0v) is 16.2. The van der Waals surface area contributed by atoms with Gasteiger partial charge in [-0.3, -0.25) is 9.78 Å². The van der Waals surface area contributed by atoms with Crippen molar-refractivity contribution in [2.45, 2.75) is 6.92 Å². The summed E-state index contributed by atoms with van der Waals surface area (Å²) < 4.78 is 33.2.